The zero-order chi connectivity index (χ0) is 10.5. The van der Waals surface area contributed by atoms with Gasteiger partial charge in [0.2, 0.25) is 0 Å². The average molecular weight is 265 g/mol. The number of fused-ring (bicyclic) bond motifs is 1. The Balaban J connectivity index is 2.65. The standard InChI is InChI=1S/C10H8BrF3/c1-4-2-5-3-6(12)9(13)10(14)7(5)8(4)11/h3-4,8H,2H2,1H3. The maximum Gasteiger partial charge on any atom is 0.194 e. The lowest BCUT2D eigenvalue weighted by atomic mass is 10.1. The zero-order valence-electron chi connectivity index (χ0n) is 7.45. The third kappa shape index (κ3) is 1.28. The highest BCUT2D eigenvalue weighted by molar-refractivity contribution is 9.09. The Morgan fingerprint density at radius 2 is 1.93 bits per heavy atom. The summed E-state index contributed by atoms with van der Waals surface area (Å²) in [6.07, 6.45) is 0.583. The van der Waals surface area contributed by atoms with Gasteiger partial charge in [0.25, 0.3) is 0 Å². The molecule has 1 aliphatic rings. The minimum Gasteiger partial charge on any atom is -0.204 e. The van der Waals surface area contributed by atoms with Gasteiger partial charge in [-0.15, -0.1) is 0 Å². The molecule has 4 heteroatoms. The third-order valence-corrected chi connectivity index (χ3v) is 3.96. The van der Waals surface area contributed by atoms with Crippen molar-refractivity contribution in [2.45, 2.75) is 18.2 Å². The van der Waals surface area contributed by atoms with Crippen LogP contribution in [-0.4, -0.2) is 0 Å². The Morgan fingerprint density at radius 3 is 2.57 bits per heavy atom. The molecule has 0 spiro atoms. The molecule has 0 heterocycles. The Bertz CT molecular complexity index is 389. The van der Waals surface area contributed by atoms with Gasteiger partial charge in [-0.05, 0) is 24.0 Å². The predicted molar refractivity (Wildman–Crippen MR) is 50.9 cm³/mol. The van der Waals surface area contributed by atoms with Crippen molar-refractivity contribution in [3.8, 4) is 0 Å². The fourth-order valence-corrected chi connectivity index (χ4v) is 2.54. The molecule has 0 nitrogen and oxygen atoms in total. The van der Waals surface area contributed by atoms with Gasteiger partial charge in [0.15, 0.2) is 17.5 Å². The molecule has 1 aliphatic carbocycles. The topological polar surface area (TPSA) is 0 Å². The quantitative estimate of drug-likeness (QED) is 0.495. The Kier molecular flexibility index (Phi) is 2.33. The summed E-state index contributed by atoms with van der Waals surface area (Å²) in [5.41, 5.74) is 0.840. The first-order valence-corrected chi connectivity index (χ1v) is 5.24. The molecule has 2 unspecified atom stereocenters. The van der Waals surface area contributed by atoms with Crippen LogP contribution in [0.3, 0.4) is 0 Å². The van der Waals surface area contributed by atoms with Crippen LogP contribution in [-0.2, 0) is 6.42 Å². The summed E-state index contributed by atoms with van der Waals surface area (Å²) in [7, 11) is 0. The van der Waals surface area contributed by atoms with Crippen molar-refractivity contribution in [1.29, 1.82) is 0 Å². The number of hydrogen-bond acceptors (Lipinski definition) is 0. The highest BCUT2D eigenvalue weighted by Crippen LogP contribution is 2.44. The van der Waals surface area contributed by atoms with E-state index < -0.39 is 17.5 Å². The Hall–Kier alpha value is -0.510. The molecule has 0 bridgehead atoms. The van der Waals surface area contributed by atoms with Crippen molar-refractivity contribution in [3.05, 3.63) is 34.6 Å². The largest absolute Gasteiger partial charge is 0.204 e. The van der Waals surface area contributed by atoms with Gasteiger partial charge in [-0.2, -0.15) is 0 Å². The minimum atomic E-state index is -1.37. The number of benzene rings is 1. The van der Waals surface area contributed by atoms with E-state index in [1.165, 1.54) is 0 Å². The lowest BCUT2D eigenvalue weighted by molar-refractivity contribution is 0.440. The fraction of sp³-hybridized carbons (Fsp3) is 0.400. The highest BCUT2D eigenvalue weighted by atomic mass is 79.9. The second-order valence-electron chi connectivity index (χ2n) is 3.64. The number of hydrogen-bond donors (Lipinski definition) is 0. The van der Waals surface area contributed by atoms with Crippen molar-refractivity contribution < 1.29 is 13.2 Å². The van der Waals surface area contributed by atoms with Gasteiger partial charge in [-0.1, -0.05) is 22.9 Å². The molecule has 76 valence electrons. The van der Waals surface area contributed by atoms with E-state index in [-0.39, 0.29) is 16.3 Å². The first-order valence-electron chi connectivity index (χ1n) is 4.32. The van der Waals surface area contributed by atoms with Crippen molar-refractivity contribution in [3.63, 3.8) is 0 Å². The van der Waals surface area contributed by atoms with E-state index >= 15 is 0 Å². The van der Waals surface area contributed by atoms with Crippen LogP contribution in [0.1, 0.15) is 22.9 Å². The average Bonchev–Trinajstić information content (AvgIpc) is 2.39. The molecule has 0 aromatic heterocycles. The lowest BCUT2D eigenvalue weighted by Gasteiger charge is -2.08. The van der Waals surface area contributed by atoms with Gasteiger partial charge in [-0.25, -0.2) is 13.2 Å². The molecule has 2 rings (SSSR count). The highest BCUT2D eigenvalue weighted by Gasteiger charge is 2.33. The molecule has 0 N–H and O–H groups in total. The summed E-state index contributed by atoms with van der Waals surface area (Å²) in [6, 6.07) is 1.09. The van der Waals surface area contributed by atoms with Crippen LogP contribution in [0.15, 0.2) is 6.07 Å². The first kappa shape index (κ1) is 10.0. The van der Waals surface area contributed by atoms with Crippen LogP contribution < -0.4 is 0 Å². The summed E-state index contributed by atoms with van der Waals surface area (Å²) < 4.78 is 39.1. The SMILES string of the molecule is CC1Cc2cc(F)c(F)c(F)c2C1Br. The lowest BCUT2D eigenvalue weighted by Crippen LogP contribution is -2.00. The van der Waals surface area contributed by atoms with E-state index in [1.54, 1.807) is 0 Å². The van der Waals surface area contributed by atoms with Crippen LogP contribution in [0.4, 0.5) is 13.2 Å². The summed E-state index contributed by atoms with van der Waals surface area (Å²) in [5.74, 6) is -3.36. The second kappa shape index (κ2) is 3.26. The van der Waals surface area contributed by atoms with E-state index in [0.29, 0.717) is 12.0 Å². The van der Waals surface area contributed by atoms with Gasteiger partial charge in [-0.3, -0.25) is 0 Å². The van der Waals surface area contributed by atoms with Crippen LogP contribution in [0.25, 0.3) is 0 Å². The van der Waals surface area contributed by atoms with Crippen LogP contribution in [0.2, 0.25) is 0 Å². The summed E-state index contributed by atoms with van der Waals surface area (Å²) >= 11 is 3.28. The van der Waals surface area contributed by atoms with Gasteiger partial charge >= 0.3 is 0 Å². The van der Waals surface area contributed by atoms with Crippen LogP contribution in [0.5, 0.6) is 0 Å². The van der Waals surface area contributed by atoms with Crippen molar-refractivity contribution >= 4 is 15.9 Å². The monoisotopic (exact) mass is 264 g/mol. The molecule has 1 aromatic carbocycles. The summed E-state index contributed by atoms with van der Waals surface area (Å²) in [5, 5.41) is 0. The van der Waals surface area contributed by atoms with Gasteiger partial charge in [0, 0.05) is 10.4 Å². The molecule has 0 amide bonds. The Morgan fingerprint density at radius 1 is 1.29 bits per heavy atom. The molecular weight excluding hydrogens is 257 g/mol. The smallest absolute Gasteiger partial charge is 0.194 e. The first-order chi connectivity index (χ1) is 6.52. The van der Waals surface area contributed by atoms with Crippen molar-refractivity contribution in [2.24, 2.45) is 5.92 Å². The molecule has 1 aromatic rings. The zero-order valence-corrected chi connectivity index (χ0v) is 9.04. The van der Waals surface area contributed by atoms with E-state index in [0.717, 1.165) is 6.07 Å². The van der Waals surface area contributed by atoms with E-state index in [4.69, 9.17) is 0 Å². The van der Waals surface area contributed by atoms with Crippen molar-refractivity contribution in [1.82, 2.24) is 0 Å². The molecule has 0 saturated carbocycles. The number of halogens is 4. The fourth-order valence-electron chi connectivity index (χ4n) is 1.86. The maximum atomic E-state index is 13.3. The summed E-state index contributed by atoms with van der Waals surface area (Å²) in [4.78, 5) is -0.215. The second-order valence-corrected chi connectivity index (χ2v) is 4.63. The third-order valence-electron chi connectivity index (χ3n) is 2.60. The van der Waals surface area contributed by atoms with Gasteiger partial charge < -0.3 is 0 Å². The molecule has 0 saturated heterocycles. The molecular formula is C10H8BrF3. The van der Waals surface area contributed by atoms with E-state index in [9.17, 15) is 13.2 Å². The van der Waals surface area contributed by atoms with Gasteiger partial charge in [0.1, 0.15) is 0 Å². The molecule has 14 heavy (non-hydrogen) atoms. The van der Waals surface area contributed by atoms with Crippen LogP contribution in [0, 0.1) is 23.4 Å². The van der Waals surface area contributed by atoms with E-state index in [1.807, 2.05) is 6.92 Å². The minimum absolute atomic E-state index is 0.167. The summed E-state index contributed by atoms with van der Waals surface area (Å²) in [6.45, 7) is 1.91. The number of rotatable bonds is 0. The van der Waals surface area contributed by atoms with Crippen molar-refractivity contribution in [2.75, 3.05) is 0 Å². The van der Waals surface area contributed by atoms with Crippen LogP contribution >= 0.6 is 15.9 Å². The molecule has 0 aliphatic heterocycles. The van der Waals surface area contributed by atoms with E-state index in [2.05, 4.69) is 15.9 Å². The number of alkyl halides is 1. The maximum absolute atomic E-state index is 13.3. The predicted octanol–water partition coefficient (Wildman–Crippen LogP) is 3.73. The molecule has 0 fully saturated rings. The Labute approximate surface area is 88.2 Å². The van der Waals surface area contributed by atoms with Gasteiger partial charge in [0.05, 0.1) is 0 Å². The molecule has 0 radical (unpaired) electrons. The normalized spacial score (nSPS) is 25.2. The molecule has 2 atom stereocenters.